The van der Waals surface area contributed by atoms with Crippen LogP contribution in [-0.2, 0) is 43.5 Å². The summed E-state index contributed by atoms with van der Waals surface area (Å²) in [5.41, 5.74) is 3.26. The highest BCUT2D eigenvalue weighted by atomic mass is 79.9. The van der Waals surface area contributed by atoms with E-state index in [1.54, 1.807) is 7.11 Å². The summed E-state index contributed by atoms with van der Waals surface area (Å²) in [7, 11) is 1.62. The van der Waals surface area contributed by atoms with Gasteiger partial charge in [-0.25, -0.2) is 0 Å². The Morgan fingerprint density at radius 2 is 1.23 bits per heavy atom. The highest BCUT2D eigenvalue weighted by molar-refractivity contribution is 9.11. The van der Waals surface area contributed by atoms with E-state index in [2.05, 4.69) is 15.9 Å². The molecule has 0 fully saturated rings. The van der Waals surface area contributed by atoms with Crippen molar-refractivity contribution in [1.29, 1.82) is 0 Å². The third-order valence-electron chi connectivity index (χ3n) is 5.72. The number of rotatable bonds is 11. The van der Waals surface area contributed by atoms with Gasteiger partial charge < -0.3 is 23.7 Å². The molecule has 1 aliphatic rings. The molecule has 0 saturated heterocycles. The Bertz CT molecular complexity index is 1030. The molecule has 0 bridgehead atoms. The third kappa shape index (κ3) is 7.84. The fraction of sp³-hybridized carbons (Fsp3) is 0.310. The Hall–Kier alpha value is -2.32. The summed E-state index contributed by atoms with van der Waals surface area (Å²) in [4.78, 5) is 0. The van der Waals surface area contributed by atoms with Crippen LogP contribution in [0.3, 0.4) is 0 Å². The molecule has 0 radical (unpaired) electrons. The molecule has 0 spiro atoms. The second-order valence-corrected chi connectivity index (χ2v) is 9.23. The summed E-state index contributed by atoms with van der Waals surface area (Å²) in [6, 6.07) is 30.3. The van der Waals surface area contributed by atoms with Gasteiger partial charge in [0.1, 0.15) is 18.3 Å². The van der Waals surface area contributed by atoms with Crippen molar-refractivity contribution in [2.24, 2.45) is 0 Å². The second kappa shape index (κ2) is 13.7. The molecular weight excluding hydrogens is 508 g/mol. The molecule has 5 nitrogen and oxygen atoms in total. The van der Waals surface area contributed by atoms with Crippen molar-refractivity contribution in [2.45, 2.75) is 44.4 Å². The lowest BCUT2D eigenvalue weighted by molar-refractivity contribution is -0.199. The number of benzene rings is 3. The van der Waals surface area contributed by atoms with E-state index < -0.39 is 18.5 Å². The first-order valence-corrected chi connectivity index (χ1v) is 12.5. The van der Waals surface area contributed by atoms with Gasteiger partial charge in [0.25, 0.3) is 0 Å². The topological polar surface area (TPSA) is 46.2 Å². The molecule has 0 unspecified atom stereocenters. The minimum absolute atomic E-state index is 0.327. The van der Waals surface area contributed by atoms with Crippen LogP contribution in [-0.4, -0.2) is 38.3 Å². The summed E-state index contributed by atoms with van der Waals surface area (Å²) >= 11 is 3.62. The number of hydrogen-bond donors (Lipinski definition) is 0. The Balaban J connectivity index is 1.52. The largest absolute Gasteiger partial charge is 0.374 e. The van der Waals surface area contributed by atoms with Gasteiger partial charge in [-0.2, -0.15) is 0 Å². The Kier molecular flexibility index (Phi) is 10.1. The van der Waals surface area contributed by atoms with Crippen LogP contribution in [0.4, 0.5) is 0 Å². The van der Waals surface area contributed by atoms with Crippen LogP contribution in [0.2, 0.25) is 0 Å². The Morgan fingerprint density at radius 3 is 1.77 bits per heavy atom. The average molecular weight is 539 g/mol. The van der Waals surface area contributed by atoms with Crippen LogP contribution >= 0.6 is 15.9 Å². The van der Waals surface area contributed by atoms with E-state index in [1.807, 2.05) is 97.1 Å². The molecule has 3 aromatic carbocycles. The fourth-order valence-electron chi connectivity index (χ4n) is 3.89. The van der Waals surface area contributed by atoms with Crippen LogP contribution < -0.4 is 0 Å². The van der Waals surface area contributed by atoms with Gasteiger partial charge in [-0.3, -0.25) is 0 Å². The molecule has 1 heterocycles. The number of hydrogen-bond acceptors (Lipinski definition) is 5. The lowest BCUT2D eigenvalue weighted by atomic mass is 10.1. The van der Waals surface area contributed by atoms with Crippen molar-refractivity contribution in [3.05, 3.63) is 118 Å². The van der Waals surface area contributed by atoms with Crippen molar-refractivity contribution in [2.75, 3.05) is 13.7 Å². The molecule has 184 valence electrons. The number of halogens is 1. The quantitative estimate of drug-likeness (QED) is 0.298. The van der Waals surface area contributed by atoms with E-state index >= 15 is 0 Å². The Morgan fingerprint density at radius 1 is 0.714 bits per heavy atom. The predicted molar refractivity (Wildman–Crippen MR) is 139 cm³/mol. The van der Waals surface area contributed by atoms with Crippen LogP contribution in [0.25, 0.3) is 0 Å². The molecule has 0 aliphatic carbocycles. The van der Waals surface area contributed by atoms with E-state index in [1.165, 1.54) is 0 Å². The summed E-state index contributed by atoms with van der Waals surface area (Å²) < 4.78 is 31.6. The zero-order valence-electron chi connectivity index (χ0n) is 19.8. The first kappa shape index (κ1) is 25.8. The van der Waals surface area contributed by atoms with Gasteiger partial charge in [0, 0.05) is 11.6 Å². The maximum Gasteiger partial charge on any atom is 0.190 e. The first-order valence-electron chi connectivity index (χ1n) is 11.7. The van der Waals surface area contributed by atoms with Gasteiger partial charge in [0.15, 0.2) is 6.29 Å². The monoisotopic (exact) mass is 538 g/mol. The summed E-state index contributed by atoms with van der Waals surface area (Å²) in [6.45, 7) is 1.68. The minimum atomic E-state index is -0.575. The molecule has 1 aliphatic heterocycles. The predicted octanol–water partition coefficient (Wildman–Crippen LogP) is 6.02. The van der Waals surface area contributed by atoms with Gasteiger partial charge >= 0.3 is 0 Å². The maximum absolute atomic E-state index is 6.46. The molecule has 4 rings (SSSR count). The normalized spacial score (nSPS) is 22.4. The molecular formula is C29H31BrO5. The third-order valence-corrected chi connectivity index (χ3v) is 6.35. The standard InChI is InChI=1S/C29H31BrO5/c1-31-29-25(30)17-26(33-19-23-13-7-3-8-14-23)28(34-20-24-15-9-4-10-16-24)27(35-29)21-32-18-22-11-5-2-6-12-22/h2-17,26-29H,18-21H2,1H3/t26-,27-,28+,29-/m1/s1. The number of ether oxygens (including phenoxy) is 5. The van der Waals surface area contributed by atoms with Crippen molar-refractivity contribution in [3.63, 3.8) is 0 Å². The number of methoxy groups -OCH3 is 1. The zero-order valence-corrected chi connectivity index (χ0v) is 21.4. The summed E-state index contributed by atoms with van der Waals surface area (Å²) in [6.07, 6.45) is 0.193. The molecule has 35 heavy (non-hydrogen) atoms. The first-order chi connectivity index (χ1) is 17.2. The lowest BCUT2D eigenvalue weighted by Crippen LogP contribution is -2.44. The van der Waals surface area contributed by atoms with E-state index in [0.29, 0.717) is 26.4 Å². The van der Waals surface area contributed by atoms with Gasteiger partial charge in [-0.05, 0) is 22.8 Å². The molecule has 0 N–H and O–H groups in total. The summed E-state index contributed by atoms with van der Waals surface area (Å²) in [5, 5.41) is 0. The van der Waals surface area contributed by atoms with E-state index in [9.17, 15) is 0 Å². The SMILES string of the molecule is CO[C@@H]1O[C@H](COCc2ccccc2)[C@@H](OCc2ccccc2)[C@H](OCc2ccccc2)C=C1Br. The molecule has 4 atom stereocenters. The molecule has 6 heteroatoms. The van der Waals surface area contributed by atoms with Crippen molar-refractivity contribution < 1.29 is 23.7 Å². The lowest BCUT2D eigenvalue weighted by Gasteiger charge is -2.31. The van der Waals surface area contributed by atoms with Crippen LogP contribution in [0, 0.1) is 0 Å². The van der Waals surface area contributed by atoms with Crippen LogP contribution in [0.15, 0.2) is 102 Å². The molecule has 0 saturated carbocycles. The van der Waals surface area contributed by atoms with Crippen molar-refractivity contribution in [1.82, 2.24) is 0 Å². The van der Waals surface area contributed by atoms with Gasteiger partial charge in [0.05, 0.1) is 26.4 Å². The summed E-state index contributed by atoms with van der Waals surface area (Å²) in [5.74, 6) is 0. The minimum Gasteiger partial charge on any atom is -0.374 e. The van der Waals surface area contributed by atoms with Gasteiger partial charge in [-0.1, -0.05) is 107 Å². The van der Waals surface area contributed by atoms with Gasteiger partial charge in [0.2, 0.25) is 0 Å². The van der Waals surface area contributed by atoms with Crippen molar-refractivity contribution in [3.8, 4) is 0 Å². The highest BCUT2D eigenvalue weighted by Gasteiger charge is 2.37. The zero-order chi connectivity index (χ0) is 24.3. The van der Waals surface area contributed by atoms with E-state index in [-0.39, 0.29) is 6.10 Å². The molecule has 0 amide bonds. The molecule has 0 aromatic heterocycles. The highest BCUT2D eigenvalue weighted by Crippen LogP contribution is 2.29. The van der Waals surface area contributed by atoms with Crippen molar-refractivity contribution >= 4 is 15.9 Å². The second-order valence-electron chi connectivity index (χ2n) is 8.32. The van der Waals surface area contributed by atoms with E-state index in [4.69, 9.17) is 23.7 Å². The maximum atomic E-state index is 6.46. The fourth-order valence-corrected chi connectivity index (χ4v) is 4.45. The molecule has 3 aromatic rings. The van der Waals surface area contributed by atoms with Crippen LogP contribution in [0.1, 0.15) is 16.7 Å². The van der Waals surface area contributed by atoms with Gasteiger partial charge in [-0.15, -0.1) is 0 Å². The van der Waals surface area contributed by atoms with Crippen LogP contribution in [0.5, 0.6) is 0 Å². The smallest absolute Gasteiger partial charge is 0.190 e. The average Bonchev–Trinajstić information content (AvgIpc) is 3.03. The Labute approximate surface area is 215 Å². The van der Waals surface area contributed by atoms with E-state index in [0.717, 1.165) is 21.2 Å².